The van der Waals surface area contributed by atoms with E-state index in [1.807, 2.05) is 0 Å². The van der Waals surface area contributed by atoms with E-state index < -0.39 is 9.76 Å². The van der Waals surface area contributed by atoms with Crippen LogP contribution in [0.1, 0.15) is 33.1 Å². The number of hydrogen-bond donors (Lipinski definition) is 0. The second-order valence-electron chi connectivity index (χ2n) is 4.89. The lowest BCUT2D eigenvalue weighted by atomic mass is 10.2. The molecule has 0 aromatic heterocycles. The molecule has 5 nitrogen and oxygen atoms in total. The lowest BCUT2D eigenvalue weighted by Crippen LogP contribution is -2.12. The Labute approximate surface area is 111 Å². The van der Waals surface area contributed by atoms with Crippen molar-refractivity contribution in [2.75, 3.05) is 26.6 Å². The fourth-order valence-corrected chi connectivity index (χ4v) is 1.97. The molecule has 0 amide bonds. The largest absolute Gasteiger partial charge is 0.439 e. The van der Waals surface area contributed by atoms with E-state index in [4.69, 9.17) is 18.6 Å². The number of carbonyl (C=O) groups excluding carboxylic acids is 1. The third-order valence-electron chi connectivity index (χ3n) is 2.38. The minimum Gasteiger partial charge on any atom is -0.439 e. The molecule has 0 aliphatic carbocycles. The lowest BCUT2D eigenvalue weighted by Gasteiger charge is -2.07. The van der Waals surface area contributed by atoms with E-state index in [-0.39, 0.29) is 12.8 Å². The zero-order chi connectivity index (χ0) is 13.2. The van der Waals surface area contributed by atoms with Gasteiger partial charge in [-0.25, -0.2) is 0 Å². The molecule has 18 heavy (non-hydrogen) atoms. The van der Waals surface area contributed by atoms with Crippen molar-refractivity contribution >= 4 is 15.7 Å². The van der Waals surface area contributed by atoms with E-state index in [9.17, 15) is 4.79 Å². The fraction of sp³-hybridized carbons (Fsp3) is 0.917. The third-order valence-corrected chi connectivity index (χ3v) is 3.45. The molecule has 0 aromatic carbocycles. The monoisotopic (exact) mass is 276 g/mol. The van der Waals surface area contributed by atoms with Crippen molar-refractivity contribution in [1.29, 1.82) is 0 Å². The first-order chi connectivity index (χ1) is 8.68. The van der Waals surface area contributed by atoms with Crippen LogP contribution < -0.4 is 0 Å². The van der Waals surface area contributed by atoms with Crippen LogP contribution in [0.5, 0.6) is 0 Å². The highest BCUT2D eigenvalue weighted by Gasteiger charge is 2.21. The van der Waals surface area contributed by atoms with E-state index in [0.29, 0.717) is 31.3 Å². The van der Waals surface area contributed by atoms with Crippen LogP contribution in [0.25, 0.3) is 0 Å². The number of unbranched alkanes of at least 4 members (excludes halogenated alkanes) is 1. The first-order valence-corrected chi connectivity index (χ1v) is 8.00. The predicted octanol–water partition coefficient (Wildman–Crippen LogP) is 1.00. The first-order valence-electron chi connectivity index (χ1n) is 6.61. The molecule has 6 heteroatoms. The molecule has 1 atom stereocenters. The molecule has 0 aromatic rings. The van der Waals surface area contributed by atoms with Gasteiger partial charge in [0.2, 0.25) is 0 Å². The van der Waals surface area contributed by atoms with Crippen molar-refractivity contribution in [3.8, 4) is 0 Å². The highest BCUT2D eigenvalue weighted by molar-refractivity contribution is 6.29. The number of carbonyl (C=O) groups is 1. The third kappa shape index (κ3) is 9.58. The number of hydrogen-bond acceptors (Lipinski definition) is 5. The molecule has 1 aliphatic rings. The van der Waals surface area contributed by atoms with Gasteiger partial charge in [0.25, 0.3) is 0 Å². The second kappa shape index (κ2) is 9.49. The highest BCUT2D eigenvalue weighted by Crippen LogP contribution is 2.09. The quantitative estimate of drug-likeness (QED) is 0.185. The number of ether oxygens (including phenoxy) is 3. The normalized spacial score (nSPS) is 18.7. The minimum atomic E-state index is -0.538. The maximum absolute atomic E-state index is 11.3. The van der Waals surface area contributed by atoms with Gasteiger partial charge in [-0.15, -0.1) is 0 Å². The molecular weight excluding hydrogens is 252 g/mol. The van der Waals surface area contributed by atoms with Crippen molar-refractivity contribution in [1.82, 2.24) is 0 Å². The van der Waals surface area contributed by atoms with Crippen LogP contribution in [-0.2, 0) is 23.4 Å². The summed E-state index contributed by atoms with van der Waals surface area (Å²) < 4.78 is 20.6. The summed E-state index contributed by atoms with van der Waals surface area (Å²) in [4.78, 5) is 11.3. The molecule has 1 aliphatic heterocycles. The molecule has 0 saturated carbocycles. The highest BCUT2D eigenvalue weighted by atomic mass is 28.2. The van der Waals surface area contributed by atoms with Gasteiger partial charge in [-0.3, -0.25) is 4.79 Å². The molecule has 1 heterocycles. The van der Waals surface area contributed by atoms with Crippen LogP contribution in [0, 0.1) is 0 Å². The average Bonchev–Trinajstić information content (AvgIpc) is 3.13. The van der Waals surface area contributed by atoms with E-state index in [0.717, 1.165) is 19.4 Å². The predicted molar refractivity (Wildman–Crippen MR) is 70.1 cm³/mol. The number of rotatable bonds is 11. The topological polar surface area (TPSA) is 57.3 Å². The van der Waals surface area contributed by atoms with Crippen LogP contribution in [-0.4, -0.2) is 48.4 Å². The zero-order valence-electron chi connectivity index (χ0n) is 11.4. The van der Waals surface area contributed by atoms with Gasteiger partial charge in [0.1, 0.15) is 6.10 Å². The van der Waals surface area contributed by atoms with Gasteiger partial charge >= 0.3 is 5.97 Å². The van der Waals surface area contributed by atoms with E-state index in [1.165, 1.54) is 0 Å². The molecule has 106 valence electrons. The van der Waals surface area contributed by atoms with Crippen molar-refractivity contribution in [2.45, 2.75) is 44.8 Å². The van der Waals surface area contributed by atoms with E-state index in [2.05, 4.69) is 13.8 Å². The molecule has 0 N–H and O–H groups in total. The molecule has 0 spiro atoms. The zero-order valence-corrected chi connectivity index (χ0v) is 12.8. The average molecular weight is 276 g/mol. The Morgan fingerprint density at radius 2 is 2.22 bits per heavy atom. The van der Waals surface area contributed by atoms with Crippen LogP contribution >= 0.6 is 0 Å². The van der Waals surface area contributed by atoms with Gasteiger partial charge in [-0.2, -0.15) is 0 Å². The van der Waals surface area contributed by atoms with Gasteiger partial charge in [0.15, 0.2) is 16.6 Å². The molecule has 0 radical (unpaired) electrons. The molecule has 1 fully saturated rings. The summed E-state index contributed by atoms with van der Waals surface area (Å²) in [5.41, 5.74) is 0.594. The van der Waals surface area contributed by atoms with Gasteiger partial charge in [-0.05, 0) is 18.4 Å². The van der Waals surface area contributed by atoms with Crippen molar-refractivity contribution < 1.29 is 23.4 Å². The fourth-order valence-electron chi connectivity index (χ4n) is 1.32. The summed E-state index contributed by atoms with van der Waals surface area (Å²) in [6.07, 6.45) is 2.43. The summed E-state index contributed by atoms with van der Waals surface area (Å²) >= 11 is 0. The summed E-state index contributed by atoms with van der Waals surface area (Å²) in [5.74, 6) is -0.182. The van der Waals surface area contributed by atoms with Gasteiger partial charge in [-0.1, -0.05) is 13.8 Å². The molecule has 1 rings (SSSR count). The van der Waals surface area contributed by atoms with E-state index >= 15 is 0 Å². The standard InChI is InChI=1S/C12H24O5Si/c1-10(2)18-17-9-16-12(13)5-3-4-6-14-7-11-8-15-11/h10-11H,3-9,18H2,1-2H3. The van der Waals surface area contributed by atoms with Crippen molar-refractivity contribution in [3.05, 3.63) is 0 Å². The maximum atomic E-state index is 11.3. The Hall–Kier alpha value is -0.433. The Balaban J connectivity index is 1.77. The summed E-state index contributed by atoms with van der Waals surface area (Å²) in [6, 6.07) is 0. The minimum absolute atomic E-state index is 0.124. The van der Waals surface area contributed by atoms with Gasteiger partial charge < -0.3 is 18.6 Å². The summed E-state index contributed by atoms with van der Waals surface area (Å²) in [5, 5.41) is 0. The molecular formula is C12H24O5Si. The smallest absolute Gasteiger partial charge is 0.307 e. The van der Waals surface area contributed by atoms with Crippen molar-refractivity contribution in [2.24, 2.45) is 0 Å². The molecule has 1 saturated heterocycles. The maximum Gasteiger partial charge on any atom is 0.307 e. The van der Waals surface area contributed by atoms with Crippen LogP contribution in [0.4, 0.5) is 0 Å². The summed E-state index contributed by atoms with van der Waals surface area (Å²) in [6.45, 7) is 6.54. The second-order valence-corrected chi connectivity index (χ2v) is 7.26. The Morgan fingerprint density at radius 1 is 1.44 bits per heavy atom. The molecule has 1 unspecified atom stereocenters. The first kappa shape index (κ1) is 15.6. The Morgan fingerprint density at radius 3 is 2.89 bits per heavy atom. The number of esters is 1. The van der Waals surface area contributed by atoms with Gasteiger partial charge in [0, 0.05) is 13.0 Å². The SMILES string of the molecule is CC(C)[SiH2]OCOC(=O)CCCCOCC1CO1. The Bertz CT molecular complexity index is 231. The molecule has 0 bridgehead atoms. The lowest BCUT2D eigenvalue weighted by molar-refractivity contribution is -0.150. The van der Waals surface area contributed by atoms with Crippen molar-refractivity contribution in [3.63, 3.8) is 0 Å². The van der Waals surface area contributed by atoms with Crippen LogP contribution in [0.2, 0.25) is 5.54 Å². The van der Waals surface area contributed by atoms with Gasteiger partial charge in [0.05, 0.1) is 13.2 Å². The number of epoxide rings is 1. The summed E-state index contributed by atoms with van der Waals surface area (Å²) in [7, 11) is -0.538. The van der Waals surface area contributed by atoms with Crippen LogP contribution in [0.3, 0.4) is 0 Å². The van der Waals surface area contributed by atoms with E-state index in [1.54, 1.807) is 0 Å². The Kier molecular flexibility index (Phi) is 8.24. The van der Waals surface area contributed by atoms with Crippen LogP contribution in [0.15, 0.2) is 0 Å².